The SMILES string of the molecule is CCCC(=O)CC(CCCCN)C(=O)CC(CC(C)C)C(=O)CC(C(=O)N(CC(=O)CC(Cc1ccccc1)C(=O)CC(C)[C-]=O)Cc1ccccc1)C(C)C.[Y]. The van der Waals surface area contributed by atoms with E-state index in [0.717, 1.165) is 24.0 Å². The van der Waals surface area contributed by atoms with Crippen LogP contribution in [0.25, 0.3) is 0 Å². The smallest absolute Gasteiger partial charge is 0.227 e. The number of nitrogens with zero attached hydrogens (tertiary/aromatic N) is 1. The van der Waals surface area contributed by atoms with E-state index in [9.17, 15) is 33.6 Å². The number of nitrogens with two attached hydrogens (primary N) is 1. The molecule has 0 aliphatic heterocycles. The summed E-state index contributed by atoms with van der Waals surface area (Å²) in [7, 11) is 0. The first-order valence-corrected chi connectivity index (χ1v) is 20.7. The minimum absolute atomic E-state index is 0. The van der Waals surface area contributed by atoms with Crippen LogP contribution in [0.3, 0.4) is 0 Å². The molecule has 311 valence electrons. The van der Waals surface area contributed by atoms with Gasteiger partial charge in [0.15, 0.2) is 5.78 Å². The van der Waals surface area contributed by atoms with E-state index in [2.05, 4.69) is 0 Å². The molecule has 2 rings (SSSR count). The van der Waals surface area contributed by atoms with Crippen LogP contribution in [-0.2, 0) is 79.2 Å². The fraction of sp³-hybridized carbons (Fsp3) is 0.596. The molecule has 5 atom stereocenters. The Morgan fingerprint density at radius 3 is 1.79 bits per heavy atom. The van der Waals surface area contributed by atoms with Crippen molar-refractivity contribution in [2.24, 2.45) is 47.2 Å². The number of carbonyl (C=O) groups excluding carboxylic acids is 7. The predicted molar refractivity (Wildman–Crippen MR) is 221 cm³/mol. The van der Waals surface area contributed by atoms with Crippen molar-refractivity contribution in [3.63, 3.8) is 0 Å². The number of rotatable bonds is 30. The van der Waals surface area contributed by atoms with Crippen molar-refractivity contribution >= 4 is 41.1 Å². The topological polar surface area (TPSA) is 149 Å². The monoisotopic (exact) mass is 860 g/mol. The second-order valence-corrected chi connectivity index (χ2v) is 16.5. The molecule has 0 heterocycles. The maximum atomic E-state index is 14.6. The van der Waals surface area contributed by atoms with Crippen LogP contribution in [-0.4, -0.2) is 59.1 Å². The van der Waals surface area contributed by atoms with Gasteiger partial charge in [-0.05, 0) is 68.0 Å². The zero-order valence-electron chi connectivity index (χ0n) is 35.4. The molecule has 9 nitrogen and oxygen atoms in total. The average Bonchev–Trinajstić information content (AvgIpc) is 3.16. The van der Waals surface area contributed by atoms with Gasteiger partial charge in [-0.15, -0.1) is 5.92 Å². The average molecular weight is 861 g/mol. The van der Waals surface area contributed by atoms with Gasteiger partial charge in [0.1, 0.15) is 23.1 Å². The van der Waals surface area contributed by atoms with E-state index in [4.69, 9.17) is 5.73 Å². The van der Waals surface area contributed by atoms with Crippen molar-refractivity contribution < 1.29 is 66.3 Å². The minimum Gasteiger partial charge on any atom is -0.542 e. The molecule has 2 aromatic carbocycles. The minimum atomic E-state index is -0.749. The third-order valence-electron chi connectivity index (χ3n) is 10.5. The first-order chi connectivity index (χ1) is 26.7. The summed E-state index contributed by atoms with van der Waals surface area (Å²) in [5.74, 6) is -4.25. The van der Waals surface area contributed by atoms with Crippen LogP contribution >= 0.6 is 0 Å². The van der Waals surface area contributed by atoms with Crippen LogP contribution in [0, 0.1) is 41.4 Å². The van der Waals surface area contributed by atoms with Gasteiger partial charge in [-0.1, -0.05) is 109 Å². The number of amides is 1. The number of carbonyl (C=O) groups is 6. The Morgan fingerprint density at radius 1 is 0.684 bits per heavy atom. The Balaban J connectivity index is 0.0000162. The second-order valence-electron chi connectivity index (χ2n) is 16.5. The summed E-state index contributed by atoms with van der Waals surface area (Å²) in [6.07, 6.45) is 5.80. The Kier molecular flexibility index (Phi) is 25.9. The van der Waals surface area contributed by atoms with Gasteiger partial charge in [0.2, 0.25) is 5.91 Å². The Bertz CT molecular complexity index is 1550. The van der Waals surface area contributed by atoms with Crippen molar-refractivity contribution in [2.45, 2.75) is 125 Å². The van der Waals surface area contributed by atoms with E-state index in [0.29, 0.717) is 38.6 Å². The molecule has 1 radical (unpaired) electrons. The molecular weight excluding hydrogens is 793 g/mol. The van der Waals surface area contributed by atoms with E-state index in [-0.39, 0.29) is 125 Å². The molecular formula is C47H67N2O7Y-. The fourth-order valence-corrected chi connectivity index (χ4v) is 7.38. The van der Waals surface area contributed by atoms with Gasteiger partial charge >= 0.3 is 0 Å². The van der Waals surface area contributed by atoms with Gasteiger partial charge in [0.05, 0.1) is 6.54 Å². The number of benzene rings is 2. The van der Waals surface area contributed by atoms with Gasteiger partial charge in [-0.2, -0.15) is 0 Å². The number of ketones is 5. The summed E-state index contributed by atoms with van der Waals surface area (Å²) in [5, 5.41) is 0. The molecule has 0 saturated carbocycles. The van der Waals surface area contributed by atoms with Crippen molar-refractivity contribution in [1.29, 1.82) is 0 Å². The quantitative estimate of drug-likeness (QED) is 0.0616. The summed E-state index contributed by atoms with van der Waals surface area (Å²) in [6, 6.07) is 18.7. The molecule has 0 bridgehead atoms. The fourth-order valence-electron chi connectivity index (χ4n) is 7.38. The van der Waals surface area contributed by atoms with Crippen LogP contribution in [0.1, 0.15) is 123 Å². The zero-order chi connectivity index (χ0) is 41.6. The van der Waals surface area contributed by atoms with Crippen molar-refractivity contribution in [3.05, 3.63) is 71.8 Å². The van der Waals surface area contributed by atoms with E-state index in [1.54, 1.807) is 6.92 Å². The zero-order valence-corrected chi connectivity index (χ0v) is 38.2. The molecule has 0 aromatic heterocycles. The third kappa shape index (κ3) is 20.0. The van der Waals surface area contributed by atoms with Crippen LogP contribution in [0.5, 0.6) is 0 Å². The third-order valence-corrected chi connectivity index (χ3v) is 10.5. The maximum absolute atomic E-state index is 14.6. The Morgan fingerprint density at radius 2 is 1.25 bits per heavy atom. The number of hydrogen-bond acceptors (Lipinski definition) is 8. The molecule has 0 spiro atoms. The molecule has 2 aromatic rings. The van der Waals surface area contributed by atoms with Crippen LogP contribution in [0.15, 0.2) is 60.7 Å². The number of unbranched alkanes of at least 4 members (excludes halogenated alkanes) is 1. The summed E-state index contributed by atoms with van der Waals surface area (Å²) in [4.78, 5) is 95.3. The molecule has 0 saturated heterocycles. The van der Waals surface area contributed by atoms with Gasteiger partial charge in [0.25, 0.3) is 0 Å². The van der Waals surface area contributed by atoms with E-state index >= 15 is 0 Å². The molecule has 5 unspecified atom stereocenters. The van der Waals surface area contributed by atoms with Gasteiger partial charge < -0.3 is 15.4 Å². The first-order valence-electron chi connectivity index (χ1n) is 20.7. The molecule has 0 aliphatic rings. The Hall–Kier alpha value is -3.01. The van der Waals surface area contributed by atoms with Crippen molar-refractivity contribution in [1.82, 2.24) is 4.90 Å². The van der Waals surface area contributed by atoms with Crippen LogP contribution in [0.2, 0.25) is 0 Å². The van der Waals surface area contributed by atoms with Gasteiger partial charge in [-0.25, -0.2) is 0 Å². The van der Waals surface area contributed by atoms with E-state index < -0.39 is 29.6 Å². The van der Waals surface area contributed by atoms with Crippen molar-refractivity contribution in [3.8, 4) is 0 Å². The van der Waals surface area contributed by atoms with E-state index in [1.165, 1.54) is 4.90 Å². The first kappa shape index (κ1) is 52.0. The molecule has 57 heavy (non-hydrogen) atoms. The summed E-state index contributed by atoms with van der Waals surface area (Å²) in [5.41, 5.74) is 7.42. The van der Waals surface area contributed by atoms with Crippen LogP contribution in [0.4, 0.5) is 0 Å². The predicted octanol–water partition coefficient (Wildman–Crippen LogP) is 7.89. The van der Waals surface area contributed by atoms with Crippen molar-refractivity contribution in [2.75, 3.05) is 13.1 Å². The summed E-state index contributed by atoms with van der Waals surface area (Å²) < 4.78 is 0. The molecule has 0 aliphatic carbocycles. The van der Waals surface area contributed by atoms with Gasteiger partial charge in [0, 0.05) is 95.0 Å². The molecule has 2 N–H and O–H groups in total. The summed E-state index contributed by atoms with van der Waals surface area (Å²) in [6.45, 7) is 11.7. The largest absolute Gasteiger partial charge is 0.542 e. The number of Topliss-reactive ketones (excluding diaryl/α,β-unsaturated/α-hetero) is 5. The molecule has 1 amide bonds. The number of hydrogen-bond donors (Lipinski definition) is 1. The Labute approximate surface area is 367 Å². The van der Waals surface area contributed by atoms with E-state index in [1.807, 2.05) is 102 Å². The molecule has 0 fully saturated rings. The maximum Gasteiger partial charge on any atom is 0.227 e. The second kappa shape index (κ2) is 28.4. The summed E-state index contributed by atoms with van der Waals surface area (Å²) >= 11 is 0. The normalized spacial score (nSPS) is 13.8. The van der Waals surface area contributed by atoms with Crippen LogP contribution < -0.4 is 5.73 Å². The molecule has 10 heteroatoms. The van der Waals surface area contributed by atoms with Gasteiger partial charge in [-0.3, -0.25) is 35.1 Å². The standard InChI is InChI=1S/C47H67N2O7.Y/c1-7-16-41(51)26-38(21-14-15-22-48)45(54)28-39(23-33(2)3)46(55)29-43(34(4)5)47(56)49(30-37-19-12-9-13-20-37)31-42(52)27-40(44(53)24-35(6)32-50)25-36-17-10-8-11-18-36;/h8-13,17-20,33-35,38-40,43H,7,14-16,21-31,48H2,1-6H3;/q-1;.